The number of nitrogens with zero attached hydrogens (tertiary/aromatic N) is 2. The van der Waals surface area contributed by atoms with Crippen molar-refractivity contribution in [3.63, 3.8) is 0 Å². The van der Waals surface area contributed by atoms with E-state index >= 15 is 0 Å². The van der Waals surface area contributed by atoms with Gasteiger partial charge in [-0.1, -0.05) is 17.7 Å². The lowest BCUT2D eigenvalue weighted by Gasteiger charge is -2.13. The zero-order valence-corrected chi connectivity index (χ0v) is 9.74. The lowest BCUT2D eigenvalue weighted by Crippen LogP contribution is -2.26. The summed E-state index contributed by atoms with van der Waals surface area (Å²) in [6.45, 7) is 5.55. The van der Waals surface area contributed by atoms with E-state index in [1.807, 2.05) is 0 Å². The van der Waals surface area contributed by atoms with Crippen LogP contribution in [0.5, 0.6) is 0 Å². The van der Waals surface area contributed by atoms with E-state index in [1.54, 1.807) is 13.0 Å². The molecule has 1 aromatic heterocycles. The van der Waals surface area contributed by atoms with Crippen LogP contribution >= 0.6 is 11.6 Å². The van der Waals surface area contributed by atoms with Crippen LogP contribution in [-0.2, 0) is 6.54 Å². The summed E-state index contributed by atoms with van der Waals surface area (Å²) in [5.41, 5.74) is 0.0465. The number of hydrogen-bond donors (Lipinski definition) is 2. The fourth-order valence-corrected chi connectivity index (χ4v) is 1.33. The van der Waals surface area contributed by atoms with Gasteiger partial charge in [0.05, 0.1) is 25.0 Å². The van der Waals surface area contributed by atoms with Gasteiger partial charge in [0.25, 0.3) is 5.56 Å². The van der Waals surface area contributed by atoms with Crippen LogP contribution in [0.25, 0.3) is 0 Å². The molecule has 0 saturated carbocycles. The predicted octanol–water partition coefficient (Wildman–Crippen LogP) is 0.875. The molecule has 16 heavy (non-hydrogen) atoms. The third kappa shape index (κ3) is 2.84. The highest BCUT2D eigenvalue weighted by atomic mass is 35.5. The highest BCUT2D eigenvalue weighted by Crippen LogP contribution is 2.15. The fourth-order valence-electron chi connectivity index (χ4n) is 1.13. The van der Waals surface area contributed by atoms with Crippen molar-refractivity contribution >= 4 is 17.3 Å². The third-order valence-electron chi connectivity index (χ3n) is 1.96. The fraction of sp³-hybridized carbons (Fsp3) is 0.400. The van der Waals surface area contributed by atoms with Crippen LogP contribution in [0.2, 0.25) is 5.02 Å². The standard InChI is InChI=1S/C10H14ClN3O2/c1-3-4-14-10(16)9(11)8(5-12-14)13-7(2)6-15/h3,5,7,13,15H,1,4,6H2,2H3. The minimum Gasteiger partial charge on any atom is -0.394 e. The van der Waals surface area contributed by atoms with Crippen LogP contribution in [0, 0.1) is 0 Å². The van der Waals surface area contributed by atoms with Crippen molar-refractivity contribution in [2.75, 3.05) is 11.9 Å². The van der Waals surface area contributed by atoms with Gasteiger partial charge in [-0.05, 0) is 6.92 Å². The number of hydrogen-bond acceptors (Lipinski definition) is 4. The summed E-state index contributed by atoms with van der Waals surface area (Å²) in [5, 5.41) is 15.7. The summed E-state index contributed by atoms with van der Waals surface area (Å²) in [5.74, 6) is 0. The van der Waals surface area contributed by atoms with Crippen molar-refractivity contribution in [1.29, 1.82) is 0 Å². The molecule has 88 valence electrons. The van der Waals surface area contributed by atoms with Crippen molar-refractivity contribution in [3.05, 3.63) is 34.2 Å². The molecule has 1 unspecified atom stereocenters. The molecule has 0 amide bonds. The first-order valence-electron chi connectivity index (χ1n) is 4.84. The van der Waals surface area contributed by atoms with Crippen LogP contribution in [0.15, 0.2) is 23.6 Å². The molecule has 5 nitrogen and oxygen atoms in total. The maximum Gasteiger partial charge on any atom is 0.287 e. The Hall–Kier alpha value is -1.33. The molecular weight excluding hydrogens is 230 g/mol. The monoisotopic (exact) mass is 243 g/mol. The zero-order valence-electron chi connectivity index (χ0n) is 8.98. The van der Waals surface area contributed by atoms with E-state index < -0.39 is 0 Å². The second-order valence-electron chi connectivity index (χ2n) is 3.38. The zero-order chi connectivity index (χ0) is 12.1. The van der Waals surface area contributed by atoms with Gasteiger partial charge in [0, 0.05) is 6.04 Å². The highest BCUT2D eigenvalue weighted by molar-refractivity contribution is 6.32. The van der Waals surface area contributed by atoms with Gasteiger partial charge in [0.2, 0.25) is 0 Å². The van der Waals surface area contributed by atoms with Gasteiger partial charge in [-0.3, -0.25) is 4.79 Å². The van der Waals surface area contributed by atoms with E-state index in [2.05, 4.69) is 17.0 Å². The lowest BCUT2D eigenvalue weighted by atomic mass is 10.3. The largest absolute Gasteiger partial charge is 0.394 e. The Labute approximate surface area is 98.4 Å². The average Bonchev–Trinajstić information content (AvgIpc) is 2.28. The maximum absolute atomic E-state index is 11.7. The molecule has 0 aliphatic carbocycles. The Morgan fingerprint density at radius 2 is 2.50 bits per heavy atom. The Morgan fingerprint density at radius 1 is 1.81 bits per heavy atom. The van der Waals surface area contributed by atoms with E-state index in [-0.39, 0.29) is 23.2 Å². The molecule has 6 heteroatoms. The van der Waals surface area contributed by atoms with Gasteiger partial charge in [0.15, 0.2) is 0 Å². The molecule has 1 heterocycles. The second-order valence-corrected chi connectivity index (χ2v) is 3.75. The minimum atomic E-state index is -0.378. The first kappa shape index (κ1) is 12.7. The minimum absolute atomic E-state index is 0.0495. The van der Waals surface area contributed by atoms with Gasteiger partial charge < -0.3 is 10.4 Å². The van der Waals surface area contributed by atoms with Crippen LogP contribution in [0.4, 0.5) is 5.69 Å². The van der Waals surface area contributed by atoms with E-state index in [1.165, 1.54) is 10.9 Å². The Bertz CT molecular complexity index is 431. The number of rotatable bonds is 5. The van der Waals surface area contributed by atoms with E-state index in [9.17, 15) is 4.79 Å². The normalized spacial score (nSPS) is 12.2. The van der Waals surface area contributed by atoms with Crippen molar-refractivity contribution in [1.82, 2.24) is 9.78 Å². The molecule has 0 spiro atoms. The van der Waals surface area contributed by atoms with Crippen LogP contribution in [-0.4, -0.2) is 27.5 Å². The average molecular weight is 244 g/mol. The molecule has 0 aliphatic heterocycles. The second kappa shape index (κ2) is 5.67. The number of aromatic nitrogens is 2. The molecule has 1 atom stereocenters. The summed E-state index contributed by atoms with van der Waals surface area (Å²) in [7, 11) is 0. The van der Waals surface area contributed by atoms with E-state index in [4.69, 9.17) is 16.7 Å². The Morgan fingerprint density at radius 3 is 3.06 bits per heavy atom. The highest BCUT2D eigenvalue weighted by Gasteiger charge is 2.10. The molecule has 0 fully saturated rings. The molecule has 0 radical (unpaired) electrons. The van der Waals surface area contributed by atoms with Crippen molar-refractivity contribution in [3.8, 4) is 0 Å². The molecule has 0 saturated heterocycles. The Kier molecular flexibility index (Phi) is 4.52. The third-order valence-corrected chi connectivity index (χ3v) is 2.33. The van der Waals surface area contributed by atoms with Crippen molar-refractivity contribution < 1.29 is 5.11 Å². The molecule has 2 N–H and O–H groups in total. The number of nitrogens with one attached hydrogen (secondary N) is 1. The van der Waals surface area contributed by atoms with Crippen LogP contribution in [0.1, 0.15) is 6.92 Å². The van der Waals surface area contributed by atoms with Crippen LogP contribution < -0.4 is 10.9 Å². The SMILES string of the molecule is C=CCn1ncc(NC(C)CO)c(Cl)c1=O. The summed E-state index contributed by atoms with van der Waals surface area (Å²) < 4.78 is 1.21. The summed E-state index contributed by atoms with van der Waals surface area (Å²) in [4.78, 5) is 11.7. The number of anilines is 1. The molecule has 1 aromatic rings. The topological polar surface area (TPSA) is 67.2 Å². The van der Waals surface area contributed by atoms with Gasteiger partial charge in [-0.25, -0.2) is 4.68 Å². The first-order chi connectivity index (χ1) is 7.60. The van der Waals surface area contributed by atoms with Crippen LogP contribution in [0.3, 0.4) is 0 Å². The molecular formula is C10H14ClN3O2. The molecule has 0 aliphatic rings. The van der Waals surface area contributed by atoms with E-state index in [0.717, 1.165) is 0 Å². The maximum atomic E-state index is 11.7. The van der Waals surface area contributed by atoms with Gasteiger partial charge >= 0.3 is 0 Å². The number of halogens is 1. The van der Waals surface area contributed by atoms with Gasteiger partial charge in [-0.15, -0.1) is 6.58 Å². The first-order valence-corrected chi connectivity index (χ1v) is 5.21. The molecule has 0 bridgehead atoms. The number of aliphatic hydroxyl groups excluding tert-OH is 1. The number of aliphatic hydroxyl groups is 1. The summed E-state index contributed by atoms with van der Waals surface area (Å²) in [6.07, 6.45) is 3.02. The summed E-state index contributed by atoms with van der Waals surface area (Å²) in [6, 6.07) is -0.186. The number of allylic oxidation sites excluding steroid dienone is 1. The summed E-state index contributed by atoms with van der Waals surface area (Å²) >= 11 is 5.88. The van der Waals surface area contributed by atoms with Crippen molar-refractivity contribution in [2.45, 2.75) is 19.5 Å². The van der Waals surface area contributed by atoms with E-state index in [0.29, 0.717) is 12.2 Å². The predicted molar refractivity (Wildman–Crippen MR) is 63.9 cm³/mol. The van der Waals surface area contributed by atoms with Crippen molar-refractivity contribution in [2.24, 2.45) is 0 Å². The molecule has 1 rings (SSSR count). The lowest BCUT2D eigenvalue weighted by molar-refractivity contribution is 0.281. The molecule has 0 aromatic carbocycles. The Balaban J connectivity index is 3.02. The quantitative estimate of drug-likeness (QED) is 0.754. The van der Waals surface area contributed by atoms with Gasteiger partial charge in [0.1, 0.15) is 5.02 Å². The smallest absolute Gasteiger partial charge is 0.287 e. The van der Waals surface area contributed by atoms with Gasteiger partial charge in [-0.2, -0.15) is 5.10 Å².